The molecule has 1 aliphatic carbocycles. The highest BCUT2D eigenvalue weighted by molar-refractivity contribution is 7.89. The zero-order valence-corrected chi connectivity index (χ0v) is 16.6. The molecule has 148 valence electrons. The minimum atomic E-state index is -3.54. The zero-order valence-electron chi connectivity index (χ0n) is 14.9. The lowest BCUT2D eigenvalue weighted by Crippen LogP contribution is -2.37. The smallest absolute Gasteiger partial charge is 0.240 e. The summed E-state index contributed by atoms with van der Waals surface area (Å²) in [6.45, 7) is 0.913. The van der Waals surface area contributed by atoms with Crippen LogP contribution in [0.4, 0.5) is 0 Å². The Balaban J connectivity index is 0.00000338. The lowest BCUT2D eigenvalue weighted by molar-refractivity contribution is -0.126. The van der Waals surface area contributed by atoms with E-state index in [1.54, 1.807) is 12.1 Å². The predicted molar refractivity (Wildman–Crippen MR) is 103 cm³/mol. The minimum absolute atomic E-state index is 0. The molecule has 0 radical (unpaired) electrons. The summed E-state index contributed by atoms with van der Waals surface area (Å²) >= 11 is 0. The summed E-state index contributed by atoms with van der Waals surface area (Å²) in [5.41, 5.74) is 6.77. The van der Waals surface area contributed by atoms with Gasteiger partial charge in [-0.2, -0.15) is 0 Å². The number of carbonyl (C=O) groups excluding carboxylic acids is 1. The van der Waals surface area contributed by atoms with Crippen molar-refractivity contribution in [3.8, 4) is 0 Å². The van der Waals surface area contributed by atoms with Gasteiger partial charge in [0.05, 0.1) is 11.5 Å². The molecule has 7 nitrogen and oxygen atoms in total. The van der Waals surface area contributed by atoms with E-state index in [-0.39, 0.29) is 41.7 Å². The monoisotopic (exact) mass is 405 g/mol. The van der Waals surface area contributed by atoms with Crippen molar-refractivity contribution in [2.45, 2.75) is 43.2 Å². The fourth-order valence-corrected chi connectivity index (χ4v) is 3.96. The molecular formula is C17H28ClN3O4S. The second-order valence-electron chi connectivity index (χ2n) is 6.38. The zero-order chi connectivity index (χ0) is 18.3. The van der Waals surface area contributed by atoms with E-state index in [0.717, 1.165) is 31.2 Å². The van der Waals surface area contributed by atoms with Crippen molar-refractivity contribution < 1.29 is 17.9 Å². The van der Waals surface area contributed by atoms with E-state index in [1.165, 1.54) is 19.2 Å². The van der Waals surface area contributed by atoms with Gasteiger partial charge in [0, 0.05) is 32.2 Å². The highest BCUT2D eigenvalue weighted by Gasteiger charge is 2.25. The third-order valence-electron chi connectivity index (χ3n) is 4.38. The van der Waals surface area contributed by atoms with Crippen molar-refractivity contribution in [1.82, 2.24) is 10.0 Å². The molecule has 2 atom stereocenters. The van der Waals surface area contributed by atoms with Crippen molar-refractivity contribution in [1.29, 1.82) is 0 Å². The molecule has 9 heteroatoms. The van der Waals surface area contributed by atoms with Crippen LogP contribution in [0.1, 0.15) is 31.2 Å². The molecule has 2 unspecified atom stereocenters. The van der Waals surface area contributed by atoms with Gasteiger partial charge in [0.2, 0.25) is 15.9 Å². The number of nitrogens with one attached hydrogen (secondary N) is 2. The van der Waals surface area contributed by atoms with Gasteiger partial charge in [-0.1, -0.05) is 18.6 Å². The molecule has 1 aromatic rings. The molecule has 0 spiro atoms. The van der Waals surface area contributed by atoms with Crippen LogP contribution in [0.5, 0.6) is 0 Å². The maximum Gasteiger partial charge on any atom is 0.240 e. The number of rotatable bonds is 8. The van der Waals surface area contributed by atoms with Crippen LogP contribution in [0.25, 0.3) is 0 Å². The fraction of sp³-hybridized carbons (Fsp3) is 0.588. The summed E-state index contributed by atoms with van der Waals surface area (Å²) in [7, 11) is -2.02. The summed E-state index contributed by atoms with van der Waals surface area (Å²) in [5, 5.41) is 2.91. The Labute approximate surface area is 161 Å². The van der Waals surface area contributed by atoms with E-state index in [9.17, 15) is 13.2 Å². The Morgan fingerprint density at radius 1 is 1.27 bits per heavy atom. The SMILES string of the molecule is COCCNS(=O)(=O)c1ccc(CNC(=O)C2CCCC(N)C2)cc1.Cl. The van der Waals surface area contributed by atoms with Crippen LogP contribution in [0, 0.1) is 5.92 Å². The van der Waals surface area contributed by atoms with Crippen molar-refractivity contribution >= 4 is 28.3 Å². The molecule has 26 heavy (non-hydrogen) atoms. The third-order valence-corrected chi connectivity index (χ3v) is 5.86. The first kappa shape index (κ1) is 22.9. The van der Waals surface area contributed by atoms with Gasteiger partial charge in [-0.3, -0.25) is 4.79 Å². The quantitative estimate of drug-likeness (QED) is 0.562. The largest absolute Gasteiger partial charge is 0.383 e. The molecule has 0 aromatic heterocycles. The summed E-state index contributed by atoms with van der Waals surface area (Å²) < 4.78 is 31.4. The number of methoxy groups -OCH3 is 1. The fourth-order valence-electron chi connectivity index (χ4n) is 2.95. The second kappa shape index (κ2) is 10.8. The third kappa shape index (κ3) is 6.85. The summed E-state index contributed by atoms with van der Waals surface area (Å²) in [4.78, 5) is 12.4. The standard InChI is InChI=1S/C17H27N3O4S.ClH/c1-24-10-9-20-25(22,23)16-7-5-13(6-8-16)12-19-17(21)14-3-2-4-15(18)11-14;/h5-8,14-15,20H,2-4,9-12,18H2,1H3,(H,19,21);1H. The van der Waals surface area contributed by atoms with Crippen molar-refractivity contribution in [2.75, 3.05) is 20.3 Å². The summed E-state index contributed by atoms with van der Waals surface area (Å²) in [6.07, 6.45) is 3.58. The summed E-state index contributed by atoms with van der Waals surface area (Å²) in [5.74, 6) is 0.00136. The van der Waals surface area contributed by atoms with E-state index in [1.807, 2.05) is 0 Å². The first-order valence-corrected chi connectivity index (χ1v) is 10.0. The van der Waals surface area contributed by atoms with Gasteiger partial charge in [-0.15, -0.1) is 12.4 Å². The van der Waals surface area contributed by atoms with Crippen LogP contribution in [-0.2, 0) is 26.1 Å². The molecule has 0 heterocycles. The van der Waals surface area contributed by atoms with E-state index in [0.29, 0.717) is 13.2 Å². The van der Waals surface area contributed by atoms with Gasteiger partial charge in [0.1, 0.15) is 0 Å². The first-order chi connectivity index (χ1) is 11.9. The number of nitrogens with two attached hydrogens (primary N) is 1. The normalized spacial score (nSPS) is 20.2. The molecule has 4 N–H and O–H groups in total. The first-order valence-electron chi connectivity index (χ1n) is 8.53. The van der Waals surface area contributed by atoms with Gasteiger partial charge in [0.15, 0.2) is 0 Å². The Kier molecular flexibility index (Phi) is 9.52. The van der Waals surface area contributed by atoms with Crippen molar-refractivity contribution in [3.63, 3.8) is 0 Å². The Morgan fingerprint density at radius 2 is 1.96 bits per heavy atom. The maximum atomic E-state index is 12.2. The van der Waals surface area contributed by atoms with E-state index < -0.39 is 10.0 Å². The molecule has 0 aliphatic heterocycles. The Morgan fingerprint density at radius 3 is 2.58 bits per heavy atom. The number of carbonyl (C=O) groups is 1. The van der Waals surface area contributed by atoms with Gasteiger partial charge in [-0.25, -0.2) is 13.1 Å². The molecule has 1 fully saturated rings. The number of benzene rings is 1. The molecule has 0 saturated heterocycles. The number of halogens is 1. The van der Waals surface area contributed by atoms with Crippen molar-refractivity contribution in [2.24, 2.45) is 11.7 Å². The maximum absolute atomic E-state index is 12.2. The number of hydrogen-bond donors (Lipinski definition) is 3. The second-order valence-corrected chi connectivity index (χ2v) is 8.14. The average Bonchev–Trinajstić information content (AvgIpc) is 2.60. The predicted octanol–water partition coefficient (Wildman–Crippen LogP) is 1.17. The average molecular weight is 406 g/mol. The molecule has 2 rings (SSSR count). The Bertz CT molecular complexity index is 667. The van der Waals surface area contributed by atoms with Gasteiger partial charge in [-0.05, 0) is 37.0 Å². The number of hydrogen-bond acceptors (Lipinski definition) is 5. The van der Waals surface area contributed by atoms with E-state index in [2.05, 4.69) is 10.0 Å². The minimum Gasteiger partial charge on any atom is -0.383 e. The van der Waals surface area contributed by atoms with Crippen LogP contribution in [0.15, 0.2) is 29.2 Å². The van der Waals surface area contributed by atoms with Crippen LogP contribution in [-0.4, -0.2) is 40.6 Å². The number of amides is 1. The molecule has 1 aromatic carbocycles. The molecule has 1 aliphatic rings. The van der Waals surface area contributed by atoms with E-state index >= 15 is 0 Å². The van der Waals surface area contributed by atoms with Crippen LogP contribution in [0.3, 0.4) is 0 Å². The van der Waals surface area contributed by atoms with Gasteiger partial charge in [0.25, 0.3) is 0 Å². The topological polar surface area (TPSA) is 111 Å². The van der Waals surface area contributed by atoms with Crippen LogP contribution >= 0.6 is 12.4 Å². The van der Waals surface area contributed by atoms with Crippen LogP contribution < -0.4 is 15.8 Å². The number of ether oxygens (including phenoxy) is 1. The highest BCUT2D eigenvalue weighted by Crippen LogP contribution is 2.23. The van der Waals surface area contributed by atoms with E-state index in [4.69, 9.17) is 10.5 Å². The molecule has 1 amide bonds. The van der Waals surface area contributed by atoms with Gasteiger partial charge < -0.3 is 15.8 Å². The molecule has 1 saturated carbocycles. The lowest BCUT2D eigenvalue weighted by Gasteiger charge is -2.25. The highest BCUT2D eigenvalue weighted by atomic mass is 35.5. The number of sulfonamides is 1. The molecule has 0 bridgehead atoms. The Hall–Kier alpha value is -1.19. The summed E-state index contributed by atoms with van der Waals surface area (Å²) in [6, 6.07) is 6.59. The molecular weight excluding hydrogens is 378 g/mol. The van der Waals surface area contributed by atoms with Gasteiger partial charge >= 0.3 is 0 Å². The lowest BCUT2D eigenvalue weighted by atomic mass is 9.85. The van der Waals surface area contributed by atoms with Crippen molar-refractivity contribution in [3.05, 3.63) is 29.8 Å². The van der Waals surface area contributed by atoms with Crippen LogP contribution in [0.2, 0.25) is 0 Å².